The SMILES string of the molecule is C[C@@]12c3c4c5c6c7c3c3c1c1c8c9c3c3c7c7c6c6c%10c%11c%12c%13c%14c%15c%16c%17c%18c(c%19c9c3c3c9c%19c%18c%18c%16c%13c%13c%11c6c(c73)c9c%13%18)C8C3=C%17[C@@]%15(C)[C@@]67O[C@]6([C@@]31c1ccccc1)[C@]2(O)[C@]12O[C@]71[C@@]%14(C)C%12=C(C5%10)[C@]42C. The van der Waals surface area contributed by atoms with Crippen molar-refractivity contribution < 1.29 is 14.6 Å². The second-order valence-corrected chi connectivity index (χ2v) is 29.4. The van der Waals surface area contributed by atoms with Crippen LogP contribution in [0.1, 0.15) is 112 Å². The third-order valence-electron chi connectivity index (χ3n) is 30.3. The highest BCUT2D eigenvalue weighted by Crippen LogP contribution is 3.08. The van der Waals surface area contributed by atoms with Gasteiger partial charge in [0.2, 0.25) is 0 Å². The fourth-order valence-electron chi connectivity index (χ4n) is 30.9. The highest BCUT2D eigenvalue weighted by molar-refractivity contribution is 6.73. The maximum atomic E-state index is 16.9. The molecule has 73 heavy (non-hydrogen) atoms. The summed E-state index contributed by atoms with van der Waals surface area (Å²) in [7, 11) is 0. The van der Waals surface area contributed by atoms with Crippen molar-refractivity contribution in [3.63, 3.8) is 0 Å². The largest absolute Gasteiger partial charge is 0.382 e. The van der Waals surface area contributed by atoms with Gasteiger partial charge in [-0.3, -0.25) is 0 Å². The van der Waals surface area contributed by atoms with Crippen LogP contribution in [0.5, 0.6) is 0 Å². The van der Waals surface area contributed by atoms with E-state index in [-0.39, 0.29) is 11.8 Å². The summed E-state index contributed by atoms with van der Waals surface area (Å²) in [6.45, 7) is 10.8. The zero-order valence-corrected chi connectivity index (χ0v) is 38.8. The van der Waals surface area contributed by atoms with Crippen molar-refractivity contribution in [2.75, 3.05) is 0 Å². The topological polar surface area (TPSA) is 45.3 Å². The van der Waals surface area contributed by atoms with Crippen molar-refractivity contribution in [2.45, 2.75) is 94.6 Å². The van der Waals surface area contributed by atoms with Crippen LogP contribution in [-0.2, 0) is 36.5 Å². The van der Waals surface area contributed by atoms with E-state index in [1.807, 2.05) is 0 Å². The van der Waals surface area contributed by atoms with Gasteiger partial charge in [0.05, 0.1) is 27.1 Å². The zero-order valence-electron chi connectivity index (χ0n) is 38.8. The van der Waals surface area contributed by atoms with E-state index in [0.29, 0.717) is 0 Å². The molecule has 1 N–H and O–H groups in total. The van der Waals surface area contributed by atoms with Crippen molar-refractivity contribution in [1.29, 1.82) is 0 Å². The number of epoxide rings is 2. The lowest BCUT2D eigenvalue weighted by Gasteiger charge is -2.66. The van der Waals surface area contributed by atoms with Gasteiger partial charge in [-0.05, 0) is 295 Å². The zero-order chi connectivity index (χ0) is 44.4. The van der Waals surface area contributed by atoms with Gasteiger partial charge in [0, 0.05) is 11.8 Å². The van der Waals surface area contributed by atoms with E-state index in [0.717, 1.165) is 0 Å². The summed E-state index contributed by atoms with van der Waals surface area (Å²) >= 11 is 0. The molecule has 2 aliphatic heterocycles. The Morgan fingerprint density at radius 2 is 0.712 bits per heavy atom. The highest BCUT2D eigenvalue weighted by atomic mass is 16.8. The average molecular weight is 909 g/mol. The van der Waals surface area contributed by atoms with E-state index in [9.17, 15) is 0 Å². The van der Waals surface area contributed by atoms with Gasteiger partial charge in [-0.15, -0.1) is 0 Å². The van der Waals surface area contributed by atoms with Gasteiger partial charge in [0.1, 0.15) is 22.4 Å². The van der Waals surface area contributed by atoms with E-state index in [1.54, 1.807) is 240 Å². The molecule has 18 aromatic carbocycles. The van der Waals surface area contributed by atoms with Gasteiger partial charge < -0.3 is 14.6 Å². The van der Waals surface area contributed by atoms with Crippen LogP contribution in [0.4, 0.5) is 0 Å². The van der Waals surface area contributed by atoms with Crippen molar-refractivity contribution in [3.05, 3.63) is 114 Å². The maximum Gasteiger partial charge on any atom is 0.152 e. The van der Waals surface area contributed by atoms with Crippen LogP contribution >= 0.6 is 0 Å². The van der Waals surface area contributed by atoms with E-state index in [2.05, 4.69) is 58.0 Å². The van der Waals surface area contributed by atoms with Gasteiger partial charge in [0.25, 0.3) is 0 Å². The maximum absolute atomic E-state index is 16.9. The molecule has 18 aromatic rings. The molecule has 318 valence electrons. The summed E-state index contributed by atoms with van der Waals surface area (Å²) in [6, 6.07) is 12.0. The van der Waals surface area contributed by atoms with E-state index < -0.39 is 55.1 Å². The fraction of sp³-hybridized carbons (Fsp3) is 0.229. The molecule has 2 unspecified atom stereocenters. The Bertz CT molecular complexity index is 6820. The lowest BCUT2D eigenvalue weighted by Crippen LogP contribution is -2.81. The first-order valence-corrected chi connectivity index (χ1v) is 27.9. The molecule has 0 amide bonds. The quantitative estimate of drug-likeness (QED) is 0.132. The third kappa shape index (κ3) is 1.30. The Hall–Kier alpha value is -7.14. The molecule has 3 nitrogen and oxygen atoms in total. The van der Waals surface area contributed by atoms with Crippen molar-refractivity contribution in [3.8, 4) is 0 Å². The molecule has 17 aliphatic rings. The molecule has 15 aliphatic carbocycles. The summed E-state index contributed by atoms with van der Waals surface area (Å²) in [6.07, 6.45) is 0. The van der Waals surface area contributed by atoms with Crippen LogP contribution in [0.3, 0.4) is 0 Å². The summed E-state index contributed by atoms with van der Waals surface area (Å²) in [5.41, 5.74) is 18.7. The van der Waals surface area contributed by atoms with Gasteiger partial charge in [-0.2, -0.15) is 0 Å². The minimum Gasteiger partial charge on any atom is -0.382 e. The van der Waals surface area contributed by atoms with Gasteiger partial charge >= 0.3 is 0 Å². The molecule has 35 rings (SSSR count). The lowest BCUT2D eigenvalue weighted by atomic mass is 9.36. The molecular formula is C70H20O3. The molecule has 3 fully saturated rings. The first-order valence-electron chi connectivity index (χ1n) is 27.9. The van der Waals surface area contributed by atoms with Crippen LogP contribution in [0.15, 0.2) is 41.5 Å². The smallest absolute Gasteiger partial charge is 0.152 e. The van der Waals surface area contributed by atoms with Gasteiger partial charge in [-0.1, -0.05) is 30.3 Å². The van der Waals surface area contributed by atoms with Crippen LogP contribution < -0.4 is 0 Å². The predicted molar refractivity (Wildman–Crippen MR) is 283 cm³/mol. The van der Waals surface area contributed by atoms with E-state index in [1.165, 1.54) is 27.5 Å². The van der Waals surface area contributed by atoms with Crippen LogP contribution in [0, 0.1) is 0 Å². The summed E-state index contributed by atoms with van der Waals surface area (Å²) in [4.78, 5) is 0. The molecule has 2 heterocycles. The fourth-order valence-corrected chi connectivity index (χ4v) is 30.9. The molecule has 4 spiro atoms. The lowest BCUT2D eigenvalue weighted by molar-refractivity contribution is -0.177. The molecular weight excluding hydrogens is 889 g/mol. The summed E-state index contributed by atoms with van der Waals surface area (Å²) in [5, 5.41) is 68.3. The second kappa shape index (κ2) is 5.84. The monoisotopic (exact) mass is 908 g/mol. The molecule has 12 atom stereocenters. The molecule has 0 bridgehead atoms. The number of rotatable bonds is 1. The molecule has 0 aromatic heterocycles. The summed E-state index contributed by atoms with van der Waals surface area (Å²) < 4.78 is 17.9. The van der Waals surface area contributed by atoms with Crippen molar-refractivity contribution in [1.82, 2.24) is 0 Å². The minimum absolute atomic E-state index is 0.0845. The van der Waals surface area contributed by atoms with Gasteiger partial charge in [0.15, 0.2) is 5.60 Å². The predicted octanol–water partition coefficient (Wildman–Crippen LogP) is 13.8. The molecule has 2 saturated heterocycles. The van der Waals surface area contributed by atoms with E-state index >= 15 is 5.11 Å². The Morgan fingerprint density at radius 1 is 0.329 bits per heavy atom. The number of hydrogen-bond acceptors (Lipinski definition) is 3. The Balaban J connectivity index is 1.13. The standard InChI is InChI=1S/C70H20O3/c1-61-51-41-31-21-16-12-11-13-15-14(12)19-27(21)37-39-29(19)30-20(15)28-26-18(13)25-24-17(11)23-22(16)32(31)42-43-33(23)34(24)44-45-35(25)36(26)46-48-38(28)40(30)50-49(39)59(57(61)47(37)41)65(10-8-6-5-7-9-10)60(50)58(48)64(4)56(46)55(45)63(3)54(44)53(43)62(2,52(42)51)67-66(61,71)70(65)69(64,73-70)68(63,67)72-67/h5-9,43,50,71H,1-4H3/t43?,50?,61-,62+,63+,64+,65-,66-,67+,68+,69+,70-/m1/s1. The van der Waals surface area contributed by atoms with Crippen molar-refractivity contribution >= 4 is 184 Å². The molecule has 1 saturated carbocycles. The van der Waals surface area contributed by atoms with Gasteiger partial charge in [-0.25, -0.2) is 0 Å². The Labute approximate surface area is 404 Å². The minimum atomic E-state index is -1.43. The van der Waals surface area contributed by atoms with E-state index in [4.69, 9.17) is 9.47 Å². The molecule has 0 radical (unpaired) electrons. The van der Waals surface area contributed by atoms with Crippen molar-refractivity contribution in [2.24, 2.45) is 0 Å². The Morgan fingerprint density at radius 3 is 1.27 bits per heavy atom. The summed E-state index contributed by atoms with van der Waals surface area (Å²) in [5.74, 6) is 0.222. The number of ether oxygens (including phenoxy) is 2. The van der Waals surface area contributed by atoms with Crippen LogP contribution in [0.2, 0.25) is 0 Å². The number of hydrogen-bond donors (Lipinski definition) is 1. The second-order valence-electron chi connectivity index (χ2n) is 29.4. The molecule has 3 heteroatoms. The highest BCUT2D eigenvalue weighted by Gasteiger charge is 3.23. The Kier molecular flexibility index (Phi) is 2.27. The first kappa shape index (κ1) is 28.3. The third-order valence-corrected chi connectivity index (χ3v) is 30.3. The van der Waals surface area contributed by atoms with Crippen LogP contribution in [0.25, 0.3) is 184 Å². The number of benzene rings is 12. The normalized spacial score (nSPS) is 43.7. The number of aliphatic hydroxyl groups is 1. The average Bonchev–Trinajstić information content (AvgIpc) is 4.13. The first-order chi connectivity index (χ1) is 35.7. The van der Waals surface area contributed by atoms with Crippen LogP contribution in [-0.4, -0.2) is 33.1 Å².